The van der Waals surface area contributed by atoms with Crippen molar-refractivity contribution in [1.82, 2.24) is 16.0 Å². The van der Waals surface area contributed by atoms with Crippen LogP contribution < -0.4 is 21.7 Å². The van der Waals surface area contributed by atoms with Gasteiger partial charge in [-0.05, 0) is 37.8 Å². The van der Waals surface area contributed by atoms with Gasteiger partial charge in [-0.15, -0.1) is 0 Å². The van der Waals surface area contributed by atoms with Gasteiger partial charge in [0, 0.05) is 6.42 Å². The van der Waals surface area contributed by atoms with Gasteiger partial charge in [-0.1, -0.05) is 80.9 Å². The van der Waals surface area contributed by atoms with Crippen LogP contribution in [-0.2, 0) is 41.7 Å². The van der Waals surface area contributed by atoms with Gasteiger partial charge >= 0.3 is 12.1 Å². The highest BCUT2D eigenvalue weighted by atomic mass is 16.6. The van der Waals surface area contributed by atoms with Crippen molar-refractivity contribution in [2.24, 2.45) is 11.7 Å². The quantitative estimate of drug-likeness (QED) is 0.249. The second-order valence-electron chi connectivity index (χ2n) is 11.1. The maximum absolute atomic E-state index is 13.4. The first kappa shape index (κ1) is 33.8. The number of alkyl carbamates (subject to hydrolysis) is 1. The number of benzene rings is 2. The van der Waals surface area contributed by atoms with Crippen molar-refractivity contribution in [2.45, 2.75) is 84.2 Å². The minimum absolute atomic E-state index is 0.0196. The number of primary amides is 1. The van der Waals surface area contributed by atoms with E-state index in [1.54, 1.807) is 76.2 Å². The maximum atomic E-state index is 13.4. The largest absolute Gasteiger partial charge is 0.461 e. The Labute approximate surface area is 246 Å². The third kappa shape index (κ3) is 12.0. The van der Waals surface area contributed by atoms with Crippen LogP contribution in [0.3, 0.4) is 0 Å². The van der Waals surface area contributed by atoms with Crippen LogP contribution in [0.2, 0.25) is 0 Å². The molecule has 5 N–H and O–H groups in total. The zero-order valence-corrected chi connectivity index (χ0v) is 24.8. The zero-order valence-electron chi connectivity index (χ0n) is 24.8. The van der Waals surface area contributed by atoms with Gasteiger partial charge in [0.2, 0.25) is 17.7 Å². The Bertz CT molecular complexity index is 1200. The van der Waals surface area contributed by atoms with Crippen LogP contribution in [0.4, 0.5) is 4.79 Å². The Morgan fingerprint density at radius 3 is 1.90 bits per heavy atom. The van der Waals surface area contributed by atoms with E-state index < -0.39 is 59.9 Å². The molecular formula is C31H42N4O7. The van der Waals surface area contributed by atoms with Crippen LogP contribution in [0, 0.1) is 5.92 Å². The van der Waals surface area contributed by atoms with Gasteiger partial charge in [-0.25, -0.2) is 4.79 Å². The Hall–Kier alpha value is -4.41. The second kappa shape index (κ2) is 16.1. The minimum atomic E-state index is -1.40. The van der Waals surface area contributed by atoms with E-state index >= 15 is 0 Å². The molecule has 0 fully saturated rings. The molecule has 11 heteroatoms. The van der Waals surface area contributed by atoms with Crippen molar-refractivity contribution in [3.05, 3.63) is 71.8 Å². The molecule has 0 saturated carbocycles. The number of nitrogens with one attached hydrogen (secondary N) is 3. The van der Waals surface area contributed by atoms with Crippen molar-refractivity contribution in [3.63, 3.8) is 0 Å². The Morgan fingerprint density at radius 1 is 0.810 bits per heavy atom. The lowest BCUT2D eigenvalue weighted by atomic mass is 9.96. The van der Waals surface area contributed by atoms with Crippen LogP contribution >= 0.6 is 0 Å². The lowest BCUT2D eigenvalue weighted by Gasteiger charge is -2.28. The molecule has 42 heavy (non-hydrogen) atoms. The zero-order chi connectivity index (χ0) is 31.3. The number of esters is 1. The van der Waals surface area contributed by atoms with E-state index in [-0.39, 0.29) is 18.9 Å². The van der Waals surface area contributed by atoms with E-state index in [2.05, 4.69) is 16.0 Å². The van der Waals surface area contributed by atoms with Crippen molar-refractivity contribution in [3.8, 4) is 0 Å². The fourth-order valence-electron chi connectivity index (χ4n) is 3.91. The predicted octanol–water partition coefficient (Wildman–Crippen LogP) is 2.76. The molecule has 0 unspecified atom stereocenters. The summed E-state index contributed by atoms with van der Waals surface area (Å²) in [6.45, 7) is 8.54. The van der Waals surface area contributed by atoms with E-state index in [1.807, 2.05) is 19.1 Å². The SMILES string of the molecule is CC[C@H](C)[C@H](NC(=O)[C@H](CC(=O)OCc1ccccc1)NC(=O)OC(C)(C)C)C(=O)N[C@@H](Cc1ccccc1)C(N)=O. The van der Waals surface area contributed by atoms with Gasteiger partial charge < -0.3 is 31.2 Å². The normalized spacial score (nSPS) is 13.9. The van der Waals surface area contributed by atoms with Crippen LogP contribution in [0.15, 0.2) is 60.7 Å². The summed E-state index contributed by atoms with van der Waals surface area (Å²) in [5.41, 5.74) is 6.25. The molecule has 2 rings (SSSR count). The first-order chi connectivity index (χ1) is 19.8. The average molecular weight is 583 g/mol. The molecule has 4 atom stereocenters. The number of amides is 4. The summed E-state index contributed by atoms with van der Waals surface area (Å²) in [7, 11) is 0. The van der Waals surface area contributed by atoms with E-state index in [1.165, 1.54) is 0 Å². The van der Waals surface area contributed by atoms with Crippen LogP contribution in [0.5, 0.6) is 0 Å². The predicted molar refractivity (Wildman–Crippen MR) is 157 cm³/mol. The maximum Gasteiger partial charge on any atom is 0.408 e. The fourth-order valence-corrected chi connectivity index (χ4v) is 3.91. The van der Waals surface area contributed by atoms with Crippen molar-refractivity contribution in [1.29, 1.82) is 0 Å². The molecular weight excluding hydrogens is 540 g/mol. The summed E-state index contributed by atoms with van der Waals surface area (Å²) in [5.74, 6) is -3.26. The summed E-state index contributed by atoms with van der Waals surface area (Å²) in [6, 6.07) is 14.5. The van der Waals surface area contributed by atoms with Gasteiger partial charge in [-0.3, -0.25) is 19.2 Å². The smallest absolute Gasteiger partial charge is 0.408 e. The lowest BCUT2D eigenvalue weighted by Crippen LogP contribution is -2.59. The molecule has 0 aliphatic carbocycles. The highest BCUT2D eigenvalue weighted by Crippen LogP contribution is 2.12. The molecule has 0 bridgehead atoms. The van der Waals surface area contributed by atoms with E-state index in [0.29, 0.717) is 6.42 Å². The summed E-state index contributed by atoms with van der Waals surface area (Å²) < 4.78 is 10.6. The first-order valence-electron chi connectivity index (χ1n) is 13.9. The number of nitrogens with two attached hydrogens (primary N) is 1. The highest BCUT2D eigenvalue weighted by Gasteiger charge is 2.34. The number of rotatable bonds is 14. The van der Waals surface area contributed by atoms with Gasteiger partial charge in [-0.2, -0.15) is 0 Å². The van der Waals surface area contributed by atoms with Gasteiger partial charge in [0.15, 0.2) is 0 Å². The topological polar surface area (TPSA) is 166 Å². The number of hydrogen-bond donors (Lipinski definition) is 4. The number of carbonyl (C=O) groups excluding carboxylic acids is 5. The summed E-state index contributed by atoms with van der Waals surface area (Å²) >= 11 is 0. The monoisotopic (exact) mass is 582 g/mol. The van der Waals surface area contributed by atoms with Crippen molar-refractivity contribution in [2.75, 3.05) is 0 Å². The Kier molecular flexibility index (Phi) is 13.0. The molecule has 0 aliphatic rings. The number of ether oxygens (including phenoxy) is 2. The van der Waals surface area contributed by atoms with Crippen LogP contribution in [0.1, 0.15) is 58.6 Å². The third-order valence-electron chi connectivity index (χ3n) is 6.36. The molecule has 2 aromatic carbocycles. The molecule has 0 heterocycles. The summed E-state index contributed by atoms with van der Waals surface area (Å²) in [4.78, 5) is 64.2. The second-order valence-corrected chi connectivity index (χ2v) is 11.1. The molecule has 0 radical (unpaired) electrons. The summed E-state index contributed by atoms with van der Waals surface area (Å²) in [6.07, 6.45) is -0.759. The van der Waals surface area contributed by atoms with Gasteiger partial charge in [0.25, 0.3) is 0 Å². The van der Waals surface area contributed by atoms with Gasteiger partial charge in [0.05, 0.1) is 6.42 Å². The molecule has 0 aromatic heterocycles. The minimum Gasteiger partial charge on any atom is -0.461 e. The third-order valence-corrected chi connectivity index (χ3v) is 6.36. The van der Waals surface area contributed by atoms with E-state index in [9.17, 15) is 24.0 Å². The molecule has 0 spiro atoms. The van der Waals surface area contributed by atoms with Gasteiger partial charge in [0.1, 0.15) is 30.3 Å². The lowest BCUT2D eigenvalue weighted by molar-refractivity contribution is -0.147. The molecule has 0 saturated heterocycles. The van der Waals surface area contributed by atoms with Crippen LogP contribution in [-0.4, -0.2) is 53.5 Å². The number of hydrogen-bond acceptors (Lipinski definition) is 7. The molecule has 2 aromatic rings. The molecule has 11 nitrogen and oxygen atoms in total. The average Bonchev–Trinajstić information content (AvgIpc) is 2.93. The summed E-state index contributed by atoms with van der Waals surface area (Å²) in [5, 5.41) is 7.70. The number of carbonyl (C=O) groups is 5. The Morgan fingerprint density at radius 2 is 1.38 bits per heavy atom. The standard InChI is InChI=1S/C31H42N4O7/c1-6-20(2)26(29(39)33-23(27(32)37)17-21-13-9-7-10-14-21)35-28(38)24(34-30(40)42-31(3,4)5)18-25(36)41-19-22-15-11-8-12-16-22/h7-16,20,23-24,26H,6,17-19H2,1-5H3,(H2,32,37)(H,33,39)(H,34,40)(H,35,38)/t20-,23-,24-,26-/m0/s1. The van der Waals surface area contributed by atoms with E-state index in [0.717, 1.165) is 11.1 Å². The Balaban J connectivity index is 2.19. The van der Waals surface area contributed by atoms with Crippen molar-refractivity contribution >= 4 is 29.8 Å². The van der Waals surface area contributed by atoms with E-state index in [4.69, 9.17) is 15.2 Å². The van der Waals surface area contributed by atoms with Crippen molar-refractivity contribution < 1.29 is 33.4 Å². The first-order valence-corrected chi connectivity index (χ1v) is 13.9. The fraction of sp³-hybridized carbons (Fsp3) is 0.452. The molecule has 0 aliphatic heterocycles. The highest BCUT2D eigenvalue weighted by molar-refractivity contribution is 5.95. The van der Waals surface area contributed by atoms with Crippen LogP contribution in [0.25, 0.3) is 0 Å². The molecule has 4 amide bonds. The molecule has 228 valence electrons.